The first kappa shape index (κ1) is 0.706. The molecule has 31 valence electrons. The Morgan fingerprint density at radius 1 is 1.50 bits per heavy atom. The first-order chi connectivity index (χ1) is 5.80. The lowest BCUT2D eigenvalue weighted by atomic mass is 10.2. The lowest BCUT2D eigenvalue weighted by Crippen LogP contribution is -1.69. The quantitative estimate of drug-likeness (QED) is 0.421. The van der Waals surface area contributed by atoms with Gasteiger partial charge in [0.1, 0.15) is 0 Å². The first-order valence-electron chi connectivity index (χ1n) is 5.00. The summed E-state index contributed by atoms with van der Waals surface area (Å²) in [6.45, 7) is 0. The maximum absolute atomic E-state index is 7.23. The zero-order chi connectivity index (χ0) is 10.4. The molecule has 6 heavy (non-hydrogen) atoms. The first-order valence-corrected chi connectivity index (χ1v) is 1.50. The Bertz CT molecular complexity index is 300. The van der Waals surface area contributed by atoms with E-state index in [1.54, 1.807) is 0 Å². The van der Waals surface area contributed by atoms with Crippen molar-refractivity contribution < 1.29 is 9.60 Å². The van der Waals surface area contributed by atoms with Crippen LogP contribution in [0.2, 0.25) is 0 Å². The van der Waals surface area contributed by atoms with Gasteiger partial charge < -0.3 is 0 Å². The van der Waals surface area contributed by atoms with Gasteiger partial charge in [0.15, 0.2) is 0 Å². The van der Waals surface area contributed by atoms with Gasteiger partial charge in [0.25, 0.3) is 0 Å². The predicted molar refractivity (Wildman–Crippen MR) is 27.2 cm³/mol. The molecule has 0 saturated carbocycles. The van der Waals surface area contributed by atoms with Gasteiger partial charge in [0.05, 0.1) is 5.48 Å². The van der Waals surface area contributed by atoms with Gasteiger partial charge in [-0.15, -0.1) is 0 Å². The van der Waals surface area contributed by atoms with E-state index in [1.807, 2.05) is 0 Å². The van der Waals surface area contributed by atoms with E-state index in [2.05, 4.69) is 0 Å². The van der Waals surface area contributed by atoms with Crippen LogP contribution in [-0.2, 0) is 0 Å². The molecule has 0 heterocycles. The summed E-state index contributed by atoms with van der Waals surface area (Å²) in [5.74, 6) is 0. The van der Waals surface area contributed by atoms with Crippen LogP contribution in [0.1, 0.15) is 16.0 Å². The number of rotatable bonds is 0. The predicted octanol–water partition coefficient (Wildman–Crippen LogP) is 1.71. The maximum Gasteiger partial charge on any atom is 0.0619 e. The fraction of sp³-hybridized carbons (Fsp3) is 0.167. The molecule has 1 radical (unpaired) electrons. The van der Waals surface area contributed by atoms with Gasteiger partial charge in [-0.3, -0.25) is 0 Å². The van der Waals surface area contributed by atoms with Crippen LogP contribution in [0.3, 0.4) is 0 Å². The summed E-state index contributed by atoms with van der Waals surface area (Å²) in [6.07, 6.45) is -3.13. The van der Waals surface area contributed by atoms with Crippen LogP contribution in [0.4, 0.5) is 0 Å². The van der Waals surface area contributed by atoms with Crippen LogP contribution < -0.4 is 0 Å². The highest BCUT2D eigenvalue weighted by Gasteiger charge is 1.78. The van der Waals surface area contributed by atoms with Crippen LogP contribution >= 0.6 is 0 Å². The largest absolute Gasteiger partial charge is 0.0839 e. The smallest absolute Gasteiger partial charge is 0.0619 e. The zero-order valence-electron chi connectivity index (χ0n) is 10.0. The lowest BCUT2D eigenvalue weighted by Gasteiger charge is -1.87. The van der Waals surface area contributed by atoms with E-state index in [-0.39, 0.29) is 0 Å². The van der Waals surface area contributed by atoms with Crippen molar-refractivity contribution in [3.8, 4) is 0 Å². The average molecular weight is 86.2 g/mol. The Morgan fingerprint density at radius 3 is 3.50 bits per heavy atom. The highest BCUT2D eigenvalue weighted by atomic mass is 13.8. The Hall–Kier alpha value is -0.520. The van der Waals surface area contributed by atoms with E-state index in [1.165, 1.54) is 0 Å². The lowest BCUT2D eigenvalue weighted by molar-refractivity contribution is 1.27. The second-order valence-corrected chi connectivity index (χ2v) is 0.750. The molecule has 0 unspecified atom stereocenters. The van der Waals surface area contributed by atoms with Crippen molar-refractivity contribution in [2.75, 3.05) is 0 Å². The summed E-state index contributed by atoms with van der Waals surface area (Å²) in [6, 6.07) is -2.53. The molecule has 0 N–H and O–H groups in total. The summed E-state index contributed by atoms with van der Waals surface area (Å²) >= 11 is 0. The third-order valence-electron chi connectivity index (χ3n) is 0.375. The molecule has 0 atom stereocenters. The summed E-state index contributed by atoms with van der Waals surface area (Å²) in [5.41, 5.74) is 0. The van der Waals surface area contributed by atoms with Crippen molar-refractivity contribution >= 4 is 0 Å². The van der Waals surface area contributed by atoms with Gasteiger partial charge in [0, 0.05) is 4.11 Å². The Kier molecular flexibility index (Phi) is 0.213. The van der Waals surface area contributed by atoms with Crippen LogP contribution in [-0.4, -0.2) is 0 Å². The molecule has 0 aliphatic heterocycles. The summed E-state index contributed by atoms with van der Waals surface area (Å²) < 4.78 is 50.2. The topological polar surface area (TPSA) is 0 Å². The monoisotopic (exact) mass is 86.1 g/mol. The molecule has 0 spiro atoms. The molecule has 1 aliphatic rings. The number of allylic oxidation sites excluding steroid dienone is 4. The van der Waals surface area contributed by atoms with Crippen LogP contribution in [0, 0.1) is 6.40 Å². The molecule has 0 aromatic carbocycles. The minimum absolute atomic E-state index is 0.565. The van der Waals surface area contributed by atoms with E-state index in [4.69, 9.17) is 9.60 Å². The SMILES string of the molecule is [2H][C]1C([2H])=C([2H])C([2H])=C([2H])C1([2H])[2H]. The maximum atomic E-state index is 7.23. The molecule has 1 aliphatic carbocycles. The molecule has 0 aromatic heterocycles. The second-order valence-electron chi connectivity index (χ2n) is 0.750. The molecule has 1 rings (SSSR count). The van der Waals surface area contributed by atoms with Gasteiger partial charge in [0.2, 0.25) is 0 Å². The normalized spacial score (nSPS) is 53.7. The molecule has 0 aromatic rings. The Labute approximate surface area is 48.0 Å². The zero-order valence-corrected chi connectivity index (χ0v) is 3.00. The van der Waals surface area contributed by atoms with E-state index in [0.717, 1.165) is 0 Å². The highest BCUT2D eigenvalue weighted by Crippen LogP contribution is 1.96. The fourth-order valence-corrected chi connectivity index (χ4v) is 0.188. The minimum Gasteiger partial charge on any atom is -0.0839 e. The van der Waals surface area contributed by atoms with E-state index in [9.17, 15) is 0 Å². The molecule has 0 nitrogen and oxygen atoms in total. The fourth-order valence-electron chi connectivity index (χ4n) is 0.188. The van der Waals surface area contributed by atoms with Crippen molar-refractivity contribution in [1.29, 1.82) is 0 Å². The molecule has 0 saturated heterocycles. The van der Waals surface area contributed by atoms with Crippen molar-refractivity contribution in [1.82, 2.24) is 0 Å². The van der Waals surface area contributed by atoms with Crippen LogP contribution in [0.25, 0.3) is 0 Å². The third-order valence-corrected chi connectivity index (χ3v) is 0.375. The van der Waals surface area contributed by atoms with E-state index < -0.39 is 37.0 Å². The average Bonchev–Trinajstić information content (AvgIpc) is 2.09. The molecular formula is C6H7. The Morgan fingerprint density at radius 2 is 2.50 bits per heavy atom. The van der Waals surface area contributed by atoms with Crippen molar-refractivity contribution in [2.24, 2.45) is 0 Å². The van der Waals surface area contributed by atoms with E-state index >= 15 is 0 Å². The van der Waals surface area contributed by atoms with Crippen LogP contribution in [0.5, 0.6) is 0 Å². The van der Waals surface area contributed by atoms with Gasteiger partial charge in [-0.25, -0.2) is 0 Å². The van der Waals surface area contributed by atoms with Gasteiger partial charge in [-0.2, -0.15) is 0 Å². The van der Waals surface area contributed by atoms with Crippen molar-refractivity contribution in [2.45, 2.75) is 6.37 Å². The van der Waals surface area contributed by atoms with E-state index in [0.29, 0.717) is 0 Å². The molecule has 0 bridgehead atoms. The standard InChI is InChI=1S/C6H7/c1-2-4-6-5-3-1/h1-5H,6H2/i1D,2D,3D,4D,5D,6D2. The molecule has 0 fully saturated rings. The van der Waals surface area contributed by atoms with Crippen molar-refractivity contribution in [3.05, 3.63) is 30.6 Å². The minimum atomic E-state index is -2.40. The molecule has 0 heteroatoms. The van der Waals surface area contributed by atoms with Crippen LogP contribution in [0.15, 0.2) is 24.2 Å². The summed E-state index contributed by atoms with van der Waals surface area (Å²) in [7, 11) is 0. The molecular weight excluding hydrogens is 72.1 g/mol. The van der Waals surface area contributed by atoms with Crippen molar-refractivity contribution in [3.63, 3.8) is 0 Å². The Balaban J connectivity index is 3.32. The highest BCUT2D eigenvalue weighted by molar-refractivity contribution is 5.14. The third kappa shape index (κ3) is 0.713. The second kappa shape index (κ2) is 1.81. The number of hydrogen-bond donors (Lipinski definition) is 0. The molecule has 0 amide bonds. The number of hydrogen-bond acceptors (Lipinski definition) is 0. The van der Waals surface area contributed by atoms with Gasteiger partial charge >= 0.3 is 0 Å². The van der Waals surface area contributed by atoms with Gasteiger partial charge in [-0.1, -0.05) is 24.2 Å². The summed E-state index contributed by atoms with van der Waals surface area (Å²) in [4.78, 5) is 0. The summed E-state index contributed by atoms with van der Waals surface area (Å²) in [5, 5.41) is 0. The van der Waals surface area contributed by atoms with Gasteiger partial charge in [-0.05, 0) is 12.8 Å².